The predicted molar refractivity (Wildman–Crippen MR) is 256 cm³/mol. The standard InChI is InChI=1S/C51H71N7O10/c1-31(2)30-57-19-17-51(18-20-57)53-42-39-40-45(62)34(5)47-41(39)48(64)50(6,68-47)66-27-10-9-14-36(67-38(61)29-37(60)58-25-23-56(24-26-58)22-21-55(7)8)28-35(59)16-15-32(3)12-11-13-33(4)49(65)52-44(46(40)63)43(42)54-51/h10-13,27,31-32,35-36,54,59,62H,9,14-26,28-30H2,1-8H3,(H,52,65)/b12-11+,27-10+,33-13-/t32?,35?,36?,50-/m0/s1. The number of Topliss-reactive ketones (excluding diaryl/α,β-unsaturated/α-hetero) is 2. The molecule has 8 rings (SSSR count). The van der Waals surface area contributed by atoms with Crippen molar-refractivity contribution in [3.63, 3.8) is 0 Å². The lowest BCUT2D eigenvalue weighted by Crippen LogP contribution is -2.50. The van der Waals surface area contributed by atoms with Crippen LogP contribution in [0.1, 0.15) is 118 Å². The van der Waals surface area contributed by atoms with Crippen molar-refractivity contribution in [3.8, 4) is 11.5 Å². The molecule has 6 aliphatic heterocycles. The molecule has 1 aromatic rings. The van der Waals surface area contributed by atoms with E-state index >= 15 is 0 Å². The first-order chi connectivity index (χ1) is 32.3. The molecule has 0 radical (unpaired) electrons. The number of allylic oxidation sites excluding steroid dienone is 6. The molecule has 7 aliphatic rings. The van der Waals surface area contributed by atoms with E-state index in [9.17, 15) is 34.2 Å². The average molecular weight is 942 g/mol. The number of hydrogen-bond donors (Lipinski definition) is 4. The number of likely N-dealkylation sites (N-methyl/N-ethyl adjacent to an activating group) is 1. The van der Waals surface area contributed by atoms with Gasteiger partial charge in [-0.05, 0) is 71.5 Å². The number of phenolic OH excluding ortho intramolecular Hbond substituents is 1. The zero-order valence-corrected chi connectivity index (χ0v) is 41.1. The van der Waals surface area contributed by atoms with Crippen LogP contribution < -0.4 is 15.4 Å². The number of piperidine rings is 1. The highest BCUT2D eigenvalue weighted by Gasteiger charge is 2.54. The minimum atomic E-state index is -1.90. The number of esters is 1. The molecule has 6 heterocycles. The number of likely N-dealkylation sites (tertiary alicyclic amines) is 1. The van der Waals surface area contributed by atoms with Crippen LogP contribution >= 0.6 is 0 Å². The Morgan fingerprint density at radius 2 is 1.71 bits per heavy atom. The number of ketones is 2. The van der Waals surface area contributed by atoms with Gasteiger partial charge in [-0.1, -0.05) is 39.0 Å². The van der Waals surface area contributed by atoms with Gasteiger partial charge in [0.2, 0.25) is 11.7 Å². The maximum Gasteiger partial charge on any atom is 0.315 e. The Bertz CT molecular complexity index is 2300. The number of aliphatic hydroxyl groups excluding tert-OH is 1. The van der Waals surface area contributed by atoms with Gasteiger partial charge in [-0.25, -0.2) is 0 Å². The summed E-state index contributed by atoms with van der Waals surface area (Å²) in [5.74, 6) is -4.51. The third-order valence-corrected chi connectivity index (χ3v) is 13.9. The first-order valence-electron chi connectivity index (χ1n) is 24.3. The number of piperazine rings is 1. The number of carbonyl (C=O) groups excluding carboxylic acids is 5. The Balaban J connectivity index is 1.15. The number of aliphatic hydroxyl groups is 1. The van der Waals surface area contributed by atoms with Gasteiger partial charge in [0.05, 0.1) is 34.9 Å². The van der Waals surface area contributed by atoms with E-state index in [4.69, 9.17) is 19.2 Å². The molecule has 4 N–H and O–H groups in total. The largest absolute Gasteiger partial charge is 0.507 e. The van der Waals surface area contributed by atoms with E-state index in [0.717, 1.165) is 45.8 Å². The van der Waals surface area contributed by atoms with Gasteiger partial charge in [0.1, 0.15) is 35.4 Å². The van der Waals surface area contributed by atoms with Crippen molar-refractivity contribution in [1.82, 2.24) is 30.2 Å². The minimum absolute atomic E-state index is 0.00864. The Hall–Kier alpha value is -5.36. The average Bonchev–Trinajstić information content (AvgIpc) is 3.79. The van der Waals surface area contributed by atoms with Crippen LogP contribution in [-0.2, 0) is 23.9 Å². The first kappa shape index (κ1) is 50.5. The number of phenols is 1. The lowest BCUT2D eigenvalue weighted by Gasteiger charge is -2.38. The number of benzene rings is 1. The second kappa shape index (κ2) is 21.1. The van der Waals surface area contributed by atoms with E-state index in [1.165, 1.54) is 13.2 Å². The molecule has 1 aromatic carbocycles. The second-order valence-corrected chi connectivity index (χ2v) is 20.2. The van der Waals surface area contributed by atoms with Gasteiger partial charge in [0.15, 0.2) is 0 Å². The van der Waals surface area contributed by atoms with Gasteiger partial charge >= 0.3 is 11.8 Å². The summed E-state index contributed by atoms with van der Waals surface area (Å²) in [6, 6.07) is 0. The fraction of sp³-hybridized carbons (Fsp3) is 0.608. The molecule has 1 aliphatic carbocycles. The van der Waals surface area contributed by atoms with Crippen LogP contribution in [0, 0.1) is 18.8 Å². The number of hydrogen-bond acceptors (Lipinski definition) is 15. The molecule has 0 saturated carbocycles. The lowest BCUT2D eigenvalue weighted by atomic mass is 9.82. The first-order valence-corrected chi connectivity index (χ1v) is 24.3. The van der Waals surface area contributed by atoms with E-state index in [-0.39, 0.29) is 63.4 Å². The van der Waals surface area contributed by atoms with Crippen LogP contribution in [0.2, 0.25) is 0 Å². The van der Waals surface area contributed by atoms with Gasteiger partial charge < -0.3 is 49.8 Å². The van der Waals surface area contributed by atoms with Gasteiger partial charge in [-0.3, -0.25) is 33.9 Å². The Labute approximate surface area is 400 Å². The summed E-state index contributed by atoms with van der Waals surface area (Å²) in [7, 11) is 4.05. The van der Waals surface area contributed by atoms with Crippen LogP contribution in [0.4, 0.5) is 0 Å². The van der Waals surface area contributed by atoms with Crippen molar-refractivity contribution in [2.75, 3.05) is 73.0 Å². The number of aromatic hydroxyl groups is 1. The SMILES string of the molecule is C/C1=C/C=C/C(C)CCC(O)CC(OC(=O)CC(=O)N2CCN(CCN(C)C)CC2)CC/C=C/O[C@@]2(C)Oc3c(C)c(O)c4c(c3C2=O)C2=NC3(CCN(CC(C)C)CC3)NC2=C(NC1=O)C4=O. The third kappa shape index (κ3) is 11.2. The second-order valence-electron chi connectivity index (χ2n) is 20.2. The van der Waals surface area contributed by atoms with Gasteiger partial charge in [0, 0.05) is 102 Å². The number of fused-ring (bicyclic) bond motifs is 13. The molecule has 0 aromatic heterocycles. The molecule has 2 fully saturated rings. The minimum Gasteiger partial charge on any atom is -0.507 e. The smallest absolute Gasteiger partial charge is 0.315 e. The molecule has 370 valence electrons. The molecule has 2 saturated heterocycles. The Morgan fingerprint density at radius 1 is 0.985 bits per heavy atom. The summed E-state index contributed by atoms with van der Waals surface area (Å²) in [6.07, 6.45) is 9.34. The van der Waals surface area contributed by atoms with Crippen molar-refractivity contribution in [2.45, 2.75) is 117 Å². The maximum atomic E-state index is 14.7. The highest BCUT2D eigenvalue weighted by molar-refractivity contribution is 6.34. The summed E-state index contributed by atoms with van der Waals surface area (Å²) in [5, 5.41) is 29.4. The van der Waals surface area contributed by atoms with Gasteiger partial charge in [0.25, 0.3) is 11.7 Å². The van der Waals surface area contributed by atoms with Crippen LogP contribution in [0.5, 0.6) is 11.5 Å². The summed E-state index contributed by atoms with van der Waals surface area (Å²) < 4.78 is 18.2. The summed E-state index contributed by atoms with van der Waals surface area (Å²) >= 11 is 0. The summed E-state index contributed by atoms with van der Waals surface area (Å²) in [6.45, 7) is 17.7. The van der Waals surface area contributed by atoms with Gasteiger partial charge in [-0.15, -0.1) is 0 Å². The molecule has 4 atom stereocenters. The lowest BCUT2D eigenvalue weighted by molar-refractivity contribution is -0.155. The number of amides is 2. The molecule has 1 spiro atoms. The van der Waals surface area contributed by atoms with E-state index in [1.54, 1.807) is 37.0 Å². The number of nitrogens with one attached hydrogen (secondary N) is 2. The molecule has 2 amide bonds. The van der Waals surface area contributed by atoms with Crippen molar-refractivity contribution in [2.24, 2.45) is 16.8 Å². The number of rotatable bonds is 8. The number of aliphatic imine (C=N–C) groups is 1. The number of carbonyl (C=O) groups is 5. The predicted octanol–water partition coefficient (Wildman–Crippen LogP) is 4.36. The number of ether oxygens (including phenoxy) is 3. The maximum absolute atomic E-state index is 14.7. The zero-order chi connectivity index (χ0) is 49.1. The molecule has 5 bridgehead atoms. The van der Waals surface area contributed by atoms with Crippen molar-refractivity contribution < 1.29 is 48.4 Å². The molecule has 17 nitrogen and oxygen atoms in total. The topological polar surface area (TPSA) is 203 Å². The van der Waals surface area contributed by atoms with Crippen LogP contribution in [0.25, 0.3) is 0 Å². The highest BCUT2D eigenvalue weighted by atomic mass is 16.7. The fourth-order valence-corrected chi connectivity index (χ4v) is 9.78. The molecular weight excluding hydrogens is 871 g/mol. The molecular formula is C51H71N7O10. The van der Waals surface area contributed by atoms with E-state index in [1.807, 2.05) is 27.1 Å². The van der Waals surface area contributed by atoms with Crippen LogP contribution in [0.15, 0.2) is 52.5 Å². The summed E-state index contributed by atoms with van der Waals surface area (Å²) in [5.41, 5.74) is 0.133. The van der Waals surface area contributed by atoms with Gasteiger partial charge in [-0.2, -0.15) is 0 Å². The molecule has 3 unspecified atom stereocenters. The molecule has 17 heteroatoms. The van der Waals surface area contributed by atoms with Crippen molar-refractivity contribution in [3.05, 3.63) is 69.8 Å². The zero-order valence-electron chi connectivity index (χ0n) is 41.1. The number of nitrogens with zero attached hydrogens (tertiary/aromatic N) is 5. The fourth-order valence-electron chi connectivity index (χ4n) is 9.78. The van der Waals surface area contributed by atoms with Crippen LogP contribution in [-0.4, -0.2) is 162 Å². The van der Waals surface area contributed by atoms with Crippen molar-refractivity contribution in [1.29, 1.82) is 0 Å². The third-order valence-electron chi connectivity index (χ3n) is 13.9. The van der Waals surface area contributed by atoms with Crippen molar-refractivity contribution >= 4 is 35.1 Å². The van der Waals surface area contributed by atoms with Crippen LogP contribution in [0.3, 0.4) is 0 Å². The van der Waals surface area contributed by atoms with E-state index in [0.29, 0.717) is 63.1 Å². The highest BCUT2D eigenvalue weighted by Crippen LogP contribution is 2.50. The Kier molecular flexibility index (Phi) is 15.7. The quantitative estimate of drug-likeness (QED) is 0.212. The normalized spacial score (nSPS) is 27.8. The summed E-state index contributed by atoms with van der Waals surface area (Å²) in [4.78, 5) is 83.5. The van der Waals surface area contributed by atoms with E-state index in [2.05, 4.69) is 39.2 Å². The molecule has 68 heavy (non-hydrogen) atoms. The monoisotopic (exact) mass is 942 g/mol. The van der Waals surface area contributed by atoms with E-state index < -0.39 is 59.3 Å². The Morgan fingerprint density at radius 3 is 2.40 bits per heavy atom.